The van der Waals surface area contributed by atoms with E-state index in [1.165, 1.54) is 23.8 Å². The molecule has 2 aromatic carbocycles. The van der Waals surface area contributed by atoms with Crippen LogP contribution in [0.25, 0.3) is 0 Å². The summed E-state index contributed by atoms with van der Waals surface area (Å²) in [6.45, 7) is 4.75. The summed E-state index contributed by atoms with van der Waals surface area (Å²) in [4.78, 5) is 16.7. The molecule has 8 heteroatoms. The number of benzene rings is 2. The van der Waals surface area contributed by atoms with Crippen LogP contribution in [-0.2, 0) is 11.3 Å². The lowest BCUT2D eigenvalue weighted by molar-refractivity contribution is -0.117. The van der Waals surface area contributed by atoms with Crippen molar-refractivity contribution in [3.8, 4) is 11.5 Å². The minimum atomic E-state index is -0.429. The fourth-order valence-electron chi connectivity index (χ4n) is 3.39. The number of ether oxygens (including phenoxy) is 2. The van der Waals surface area contributed by atoms with Gasteiger partial charge in [0, 0.05) is 32.7 Å². The molecule has 28 heavy (non-hydrogen) atoms. The number of nitrogens with one attached hydrogen (secondary N) is 1. The highest BCUT2D eigenvalue weighted by Gasteiger charge is 2.20. The molecule has 1 N–H and O–H groups in total. The molecule has 4 rings (SSSR count). The third kappa shape index (κ3) is 4.55. The Hall–Kier alpha value is -2.35. The summed E-state index contributed by atoms with van der Waals surface area (Å²) >= 11 is 5.96. The molecule has 0 aliphatic carbocycles. The fraction of sp³-hybridized carbons (Fsp3) is 0.350. The normalized spacial score (nSPS) is 16.9. The van der Waals surface area contributed by atoms with E-state index in [0.717, 1.165) is 44.2 Å². The summed E-state index contributed by atoms with van der Waals surface area (Å²) in [5.41, 5.74) is 1.61. The van der Waals surface area contributed by atoms with Gasteiger partial charge >= 0.3 is 0 Å². The number of anilines is 1. The van der Waals surface area contributed by atoms with Crippen molar-refractivity contribution in [2.75, 3.05) is 44.8 Å². The maximum atomic E-state index is 13.1. The standard InChI is InChI=1S/C20H21ClFN3O3/c21-16-10-15(22)2-3-17(16)23-20(26)12-25-7-5-24(6-8-25)11-14-1-4-18-19(9-14)28-13-27-18/h1-4,9-10H,5-8,11-13H2,(H,23,26). The van der Waals surface area contributed by atoms with Gasteiger partial charge in [-0.15, -0.1) is 0 Å². The molecule has 2 heterocycles. The first-order valence-corrected chi connectivity index (χ1v) is 9.53. The molecule has 1 saturated heterocycles. The fourth-order valence-corrected chi connectivity index (χ4v) is 3.60. The van der Waals surface area contributed by atoms with E-state index in [4.69, 9.17) is 21.1 Å². The second-order valence-electron chi connectivity index (χ2n) is 6.91. The van der Waals surface area contributed by atoms with E-state index in [1.807, 2.05) is 12.1 Å². The SMILES string of the molecule is O=C(CN1CCN(Cc2ccc3c(c2)OCO3)CC1)Nc1ccc(F)cc1Cl. The summed E-state index contributed by atoms with van der Waals surface area (Å²) in [5, 5.41) is 2.94. The Labute approximate surface area is 167 Å². The van der Waals surface area contributed by atoms with E-state index in [0.29, 0.717) is 5.69 Å². The van der Waals surface area contributed by atoms with Crippen LogP contribution in [0.1, 0.15) is 5.56 Å². The van der Waals surface area contributed by atoms with Crippen LogP contribution in [0.15, 0.2) is 36.4 Å². The van der Waals surface area contributed by atoms with Crippen LogP contribution in [0.3, 0.4) is 0 Å². The lowest BCUT2D eigenvalue weighted by atomic mass is 10.1. The van der Waals surface area contributed by atoms with Crippen molar-refractivity contribution in [1.82, 2.24) is 9.80 Å². The van der Waals surface area contributed by atoms with Gasteiger partial charge in [-0.05, 0) is 35.9 Å². The van der Waals surface area contributed by atoms with E-state index in [9.17, 15) is 9.18 Å². The molecule has 2 aliphatic heterocycles. The van der Waals surface area contributed by atoms with Crippen molar-refractivity contribution >= 4 is 23.2 Å². The van der Waals surface area contributed by atoms with Gasteiger partial charge in [0.2, 0.25) is 12.7 Å². The maximum absolute atomic E-state index is 13.1. The molecule has 0 saturated carbocycles. The van der Waals surface area contributed by atoms with Crippen LogP contribution >= 0.6 is 11.6 Å². The predicted octanol–water partition coefficient (Wildman–Crippen LogP) is 2.96. The van der Waals surface area contributed by atoms with E-state index in [2.05, 4.69) is 21.2 Å². The number of halogens is 2. The number of carbonyl (C=O) groups is 1. The van der Waals surface area contributed by atoms with Crippen LogP contribution < -0.4 is 14.8 Å². The molecule has 2 aromatic rings. The molecule has 1 fully saturated rings. The molecule has 0 atom stereocenters. The second-order valence-corrected chi connectivity index (χ2v) is 7.32. The Balaban J connectivity index is 1.24. The van der Waals surface area contributed by atoms with Crippen LogP contribution in [-0.4, -0.2) is 55.2 Å². The van der Waals surface area contributed by atoms with Gasteiger partial charge in [0.05, 0.1) is 17.3 Å². The predicted molar refractivity (Wildman–Crippen MR) is 104 cm³/mol. The minimum Gasteiger partial charge on any atom is -0.454 e. The number of piperazine rings is 1. The zero-order chi connectivity index (χ0) is 19.5. The number of hydrogen-bond donors (Lipinski definition) is 1. The Kier molecular flexibility index (Phi) is 5.66. The van der Waals surface area contributed by atoms with Gasteiger partial charge in [0.1, 0.15) is 5.82 Å². The second kappa shape index (κ2) is 8.34. The number of nitrogens with zero attached hydrogens (tertiary/aromatic N) is 2. The summed E-state index contributed by atoms with van der Waals surface area (Å²) in [6.07, 6.45) is 0. The molecule has 148 valence electrons. The van der Waals surface area contributed by atoms with Gasteiger partial charge in [-0.25, -0.2) is 4.39 Å². The quantitative estimate of drug-likeness (QED) is 0.828. The Bertz CT molecular complexity index is 872. The molecule has 0 radical (unpaired) electrons. The summed E-state index contributed by atoms with van der Waals surface area (Å²) < 4.78 is 23.9. The topological polar surface area (TPSA) is 54.0 Å². The first-order valence-electron chi connectivity index (χ1n) is 9.15. The summed E-state index contributed by atoms with van der Waals surface area (Å²) in [5.74, 6) is 1.01. The van der Waals surface area contributed by atoms with Crippen molar-refractivity contribution in [1.29, 1.82) is 0 Å². The first-order chi connectivity index (χ1) is 13.6. The molecule has 2 aliphatic rings. The van der Waals surface area contributed by atoms with Crippen molar-refractivity contribution in [3.05, 3.63) is 52.8 Å². The maximum Gasteiger partial charge on any atom is 0.238 e. The molecule has 0 aromatic heterocycles. The van der Waals surface area contributed by atoms with Crippen molar-refractivity contribution in [3.63, 3.8) is 0 Å². The van der Waals surface area contributed by atoms with Crippen LogP contribution in [0.2, 0.25) is 5.02 Å². The van der Waals surface area contributed by atoms with Gasteiger partial charge in [-0.2, -0.15) is 0 Å². The van der Waals surface area contributed by atoms with Crippen molar-refractivity contribution in [2.24, 2.45) is 0 Å². The van der Waals surface area contributed by atoms with Crippen LogP contribution in [0, 0.1) is 5.82 Å². The molecule has 1 amide bonds. The van der Waals surface area contributed by atoms with Crippen LogP contribution in [0.4, 0.5) is 10.1 Å². The molecule has 0 spiro atoms. The van der Waals surface area contributed by atoms with Gasteiger partial charge in [0.25, 0.3) is 0 Å². The molecule has 0 unspecified atom stereocenters. The Morgan fingerprint density at radius 1 is 1.04 bits per heavy atom. The third-order valence-electron chi connectivity index (χ3n) is 4.88. The average Bonchev–Trinajstić information content (AvgIpc) is 3.13. The number of rotatable bonds is 5. The largest absolute Gasteiger partial charge is 0.454 e. The minimum absolute atomic E-state index is 0.155. The number of amides is 1. The van der Waals surface area contributed by atoms with Gasteiger partial charge in [-0.3, -0.25) is 14.6 Å². The molecule has 6 nitrogen and oxygen atoms in total. The van der Waals surface area contributed by atoms with Crippen molar-refractivity contribution < 1.29 is 18.7 Å². The first kappa shape index (κ1) is 19.0. The van der Waals surface area contributed by atoms with Gasteiger partial charge in [-0.1, -0.05) is 17.7 Å². The Morgan fingerprint density at radius 3 is 2.57 bits per heavy atom. The number of fused-ring (bicyclic) bond motifs is 1. The highest BCUT2D eigenvalue weighted by molar-refractivity contribution is 6.33. The molecule has 0 bridgehead atoms. The van der Waals surface area contributed by atoms with Crippen molar-refractivity contribution in [2.45, 2.75) is 6.54 Å². The lowest BCUT2D eigenvalue weighted by Gasteiger charge is -2.34. The highest BCUT2D eigenvalue weighted by atomic mass is 35.5. The average molecular weight is 406 g/mol. The Morgan fingerprint density at radius 2 is 1.79 bits per heavy atom. The zero-order valence-corrected chi connectivity index (χ0v) is 16.0. The van der Waals surface area contributed by atoms with E-state index in [1.54, 1.807) is 0 Å². The van der Waals surface area contributed by atoms with E-state index in [-0.39, 0.29) is 24.3 Å². The smallest absolute Gasteiger partial charge is 0.238 e. The molecular weight excluding hydrogens is 385 g/mol. The summed E-state index contributed by atoms with van der Waals surface area (Å²) in [7, 11) is 0. The van der Waals surface area contributed by atoms with E-state index < -0.39 is 5.82 Å². The zero-order valence-electron chi connectivity index (χ0n) is 15.3. The van der Waals surface area contributed by atoms with Gasteiger partial charge < -0.3 is 14.8 Å². The third-order valence-corrected chi connectivity index (χ3v) is 5.19. The number of hydrogen-bond acceptors (Lipinski definition) is 5. The molecular formula is C20H21ClFN3O3. The van der Waals surface area contributed by atoms with Gasteiger partial charge in [0.15, 0.2) is 11.5 Å². The van der Waals surface area contributed by atoms with Crippen LogP contribution in [0.5, 0.6) is 11.5 Å². The summed E-state index contributed by atoms with van der Waals surface area (Å²) in [6, 6.07) is 9.95. The van der Waals surface area contributed by atoms with E-state index >= 15 is 0 Å². The number of carbonyl (C=O) groups excluding carboxylic acids is 1. The lowest BCUT2D eigenvalue weighted by Crippen LogP contribution is -2.48. The monoisotopic (exact) mass is 405 g/mol. The highest BCUT2D eigenvalue weighted by Crippen LogP contribution is 2.32.